The van der Waals surface area contributed by atoms with Crippen LogP contribution in [0.1, 0.15) is 36.2 Å². The maximum Gasteiger partial charge on any atom is 0.272 e. The monoisotopic (exact) mass is 384 g/mol. The average Bonchev–Trinajstić information content (AvgIpc) is 3.38. The maximum atomic E-state index is 12.8. The lowest BCUT2D eigenvalue weighted by atomic mass is 9.93. The summed E-state index contributed by atoms with van der Waals surface area (Å²) in [5, 5.41) is 3.11. The van der Waals surface area contributed by atoms with Gasteiger partial charge in [0.15, 0.2) is 5.69 Å². The van der Waals surface area contributed by atoms with E-state index in [-0.39, 0.29) is 18.1 Å². The predicted octanol–water partition coefficient (Wildman–Crippen LogP) is 1.85. The molecular weight excluding hydrogens is 360 g/mol. The molecule has 2 N–H and O–H groups in total. The van der Waals surface area contributed by atoms with E-state index >= 15 is 0 Å². The summed E-state index contributed by atoms with van der Waals surface area (Å²) in [5.41, 5.74) is 1.68. The van der Waals surface area contributed by atoms with Gasteiger partial charge in [0.2, 0.25) is 5.95 Å². The van der Waals surface area contributed by atoms with Crippen LogP contribution in [0.2, 0.25) is 0 Å². The fourth-order valence-corrected chi connectivity index (χ4v) is 3.53. The van der Waals surface area contributed by atoms with Gasteiger partial charge in [0.1, 0.15) is 6.33 Å². The van der Waals surface area contributed by atoms with E-state index in [0.717, 1.165) is 25.7 Å². The van der Waals surface area contributed by atoms with Gasteiger partial charge >= 0.3 is 0 Å². The lowest BCUT2D eigenvalue weighted by Crippen LogP contribution is -2.39. The van der Waals surface area contributed by atoms with E-state index in [1.807, 2.05) is 0 Å². The van der Waals surface area contributed by atoms with Gasteiger partial charge in [0, 0.05) is 31.7 Å². The number of pyridine rings is 1. The van der Waals surface area contributed by atoms with Gasteiger partial charge in [-0.1, -0.05) is 0 Å². The Bertz CT molecular complexity index is 915. The van der Waals surface area contributed by atoms with E-state index in [0.29, 0.717) is 35.9 Å². The first-order chi connectivity index (χ1) is 13.7. The minimum Gasteiger partial charge on any atom is -0.382 e. The SMILES string of the molecule is COCCOC1CCC(NC(=O)c2nccc3nc(-n4ccnc4)[nH]c23)CC1. The largest absolute Gasteiger partial charge is 0.382 e. The number of aromatic amines is 1. The summed E-state index contributed by atoms with van der Waals surface area (Å²) < 4.78 is 12.6. The molecule has 1 saturated carbocycles. The average molecular weight is 384 g/mol. The minimum absolute atomic E-state index is 0.128. The molecule has 0 aliphatic heterocycles. The lowest BCUT2D eigenvalue weighted by molar-refractivity contribution is -0.00409. The zero-order chi connectivity index (χ0) is 19.3. The number of nitrogens with zero attached hydrogens (tertiary/aromatic N) is 4. The molecule has 4 rings (SSSR count). The third-order valence-corrected chi connectivity index (χ3v) is 5.01. The van der Waals surface area contributed by atoms with E-state index in [2.05, 4.69) is 25.3 Å². The number of fused-ring (bicyclic) bond motifs is 1. The highest BCUT2D eigenvalue weighted by molar-refractivity contribution is 6.03. The normalized spacial score (nSPS) is 19.8. The predicted molar refractivity (Wildman–Crippen MR) is 102 cm³/mol. The molecule has 0 bridgehead atoms. The number of nitrogens with one attached hydrogen (secondary N) is 2. The molecule has 1 fully saturated rings. The molecule has 9 nitrogen and oxygen atoms in total. The molecule has 0 radical (unpaired) electrons. The number of rotatable bonds is 7. The number of methoxy groups -OCH3 is 1. The number of ether oxygens (including phenoxy) is 2. The minimum atomic E-state index is -0.185. The number of H-pyrrole nitrogens is 1. The van der Waals surface area contributed by atoms with Crippen molar-refractivity contribution < 1.29 is 14.3 Å². The van der Waals surface area contributed by atoms with Crippen molar-refractivity contribution in [3.63, 3.8) is 0 Å². The summed E-state index contributed by atoms with van der Waals surface area (Å²) in [6.07, 6.45) is 10.6. The molecule has 1 amide bonds. The number of carbonyl (C=O) groups excluding carboxylic acids is 1. The highest BCUT2D eigenvalue weighted by Gasteiger charge is 2.24. The third kappa shape index (κ3) is 4.05. The van der Waals surface area contributed by atoms with Crippen LogP contribution >= 0.6 is 0 Å². The quantitative estimate of drug-likeness (QED) is 0.602. The molecule has 0 unspecified atom stereocenters. The molecule has 148 valence electrons. The standard InChI is InChI=1S/C19H24N6O3/c1-27-10-11-28-14-4-2-13(3-5-14)22-18(26)17-16-15(6-7-21-17)23-19(24-16)25-9-8-20-12-25/h6-9,12-14H,2-5,10-11H2,1H3,(H,22,26)(H,23,24). The lowest BCUT2D eigenvalue weighted by Gasteiger charge is -2.29. The van der Waals surface area contributed by atoms with Crippen LogP contribution in [0, 0.1) is 0 Å². The first kappa shape index (κ1) is 18.6. The van der Waals surface area contributed by atoms with Crippen LogP contribution in [-0.2, 0) is 9.47 Å². The van der Waals surface area contributed by atoms with Gasteiger partial charge in [-0.3, -0.25) is 9.36 Å². The van der Waals surface area contributed by atoms with Crippen LogP contribution in [0.5, 0.6) is 0 Å². The molecule has 28 heavy (non-hydrogen) atoms. The smallest absolute Gasteiger partial charge is 0.272 e. The van der Waals surface area contributed by atoms with E-state index in [1.165, 1.54) is 0 Å². The summed E-state index contributed by atoms with van der Waals surface area (Å²) >= 11 is 0. The number of imidazole rings is 2. The number of hydrogen-bond acceptors (Lipinski definition) is 6. The van der Waals surface area contributed by atoms with Gasteiger partial charge in [-0.25, -0.2) is 15.0 Å². The molecule has 1 aliphatic rings. The van der Waals surface area contributed by atoms with Crippen LogP contribution in [0.3, 0.4) is 0 Å². The number of hydrogen-bond donors (Lipinski definition) is 2. The first-order valence-electron chi connectivity index (χ1n) is 9.49. The zero-order valence-corrected chi connectivity index (χ0v) is 15.8. The van der Waals surface area contributed by atoms with E-state index in [4.69, 9.17) is 9.47 Å². The van der Waals surface area contributed by atoms with Crippen molar-refractivity contribution >= 4 is 16.9 Å². The molecule has 0 saturated heterocycles. The Morgan fingerprint density at radius 2 is 2.14 bits per heavy atom. The fourth-order valence-electron chi connectivity index (χ4n) is 3.53. The second kappa shape index (κ2) is 8.49. The third-order valence-electron chi connectivity index (χ3n) is 5.01. The van der Waals surface area contributed by atoms with Gasteiger partial charge in [-0.15, -0.1) is 0 Å². The Morgan fingerprint density at radius 3 is 2.89 bits per heavy atom. The van der Waals surface area contributed by atoms with Gasteiger partial charge in [-0.2, -0.15) is 0 Å². The van der Waals surface area contributed by atoms with Gasteiger partial charge in [0.25, 0.3) is 5.91 Å². The number of carbonyl (C=O) groups is 1. The van der Waals surface area contributed by atoms with Crippen LogP contribution in [0.25, 0.3) is 17.0 Å². The molecule has 3 aromatic heterocycles. The van der Waals surface area contributed by atoms with Crippen molar-refractivity contribution in [3.05, 3.63) is 36.7 Å². The van der Waals surface area contributed by atoms with Crippen molar-refractivity contribution in [2.75, 3.05) is 20.3 Å². The van der Waals surface area contributed by atoms with Crippen LogP contribution in [-0.4, -0.2) is 62.9 Å². The highest BCUT2D eigenvalue weighted by atomic mass is 16.5. The van der Waals surface area contributed by atoms with Crippen LogP contribution in [0.4, 0.5) is 0 Å². The Hall–Kier alpha value is -2.78. The molecule has 0 atom stereocenters. The van der Waals surface area contributed by atoms with Crippen molar-refractivity contribution in [2.45, 2.75) is 37.8 Å². The maximum absolute atomic E-state index is 12.8. The second-order valence-electron chi connectivity index (χ2n) is 6.89. The van der Waals surface area contributed by atoms with Crippen molar-refractivity contribution in [1.29, 1.82) is 0 Å². The van der Waals surface area contributed by atoms with Crippen LogP contribution in [0.15, 0.2) is 31.0 Å². The Kier molecular flexibility index (Phi) is 5.63. The summed E-state index contributed by atoms with van der Waals surface area (Å²) in [4.78, 5) is 28.8. The van der Waals surface area contributed by atoms with Gasteiger partial charge in [0.05, 0.1) is 30.4 Å². The van der Waals surface area contributed by atoms with Gasteiger partial charge in [-0.05, 0) is 31.7 Å². The first-order valence-corrected chi connectivity index (χ1v) is 9.49. The van der Waals surface area contributed by atoms with Crippen molar-refractivity contribution in [1.82, 2.24) is 29.8 Å². The number of amides is 1. The second-order valence-corrected chi connectivity index (χ2v) is 6.89. The summed E-state index contributed by atoms with van der Waals surface area (Å²) in [5.74, 6) is 0.415. The molecule has 1 aliphatic carbocycles. The summed E-state index contributed by atoms with van der Waals surface area (Å²) in [6.45, 7) is 1.22. The Labute approximate surface area is 162 Å². The Morgan fingerprint density at radius 1 is 1.29 bits per heavy atom. The summed E-state index contributed by atoms with van der Waals surface area (Å²) in [7, 11) is 1.67. The summed E-state index contributed by atoms with van der Waals surface area (Å²) in [6, 6.07) is 1.91. The van der Waals surface area contributed by atoms with Crippen LogP contribution < -0.4 is 5.32 Å². The molecule has 0 aromatic carbocycles. The highest BCUT2D eigenvalue weighted by Crippen LogP contribution is 2.22. The molecule has 3 heterocycles. The van der Waals surface area contributed by atoms with Crippen molar-refractivity contribution in [3.8, 4) is 5.95 Å². The zero-order valence-electron chi connectivity index (χ0n) is 15.8. The molecular formula is C19H24N6O3. The molecule has 9 heteroatoms. The van der Waals surface area contributed by atoms with Gasteiger partial charge < -0.3 is 19.8 Å². The van der Waals surface area contributed by atoms with E-state index < -0.39 is 0 Å². The molecule has 3 aromatic rings. The number of aromatic nitrogens is 5. The Balaban J connectivity index is 1.41. The molecule has 0 spiro atoms. The fraction of sp³-hybridized carbons (Fsp3) is 0.474. The van der Waals surface area contributed by atoms with E-state index in [9.17, 15) is 4.79 Å². The topological polar surface area (TPSA) is 107 Å². The van der Waals surface area contributed by atoms with Crippen molar-refractivity contribution in [2.24, 2.45) is 0 Å². The van der Waals surface area contributed by atoms with E-state index in [1.54, 1.807) is 42.7 Å².